The maximum atomic E-state index is 13.1. The fourth-order valence-electron chi connectivity index (χ4n) is 12.0. The molecule has 0 aliphatic heterocycles. The Morgan fingerprint density at radius 1 is 0.278 bits per heavy atom. The molecule has 0 aromatic rings. The summed E-state index contributed by atoms with van der Waals surface area (Å²) in [4.78, 5) is 72.9. The van der Waals surface area contributed by atoms with Crippen LogP contribution in [0.3, 0.4) is 0 Å². The van der Waals surface area contributed by atoms with E-state index in [9.17, 15) is 43.2 Å². The average molecular weight is 1420 g/mol. The molecular weight excluding hydrogens is 1270 g/mol. The first kappa shape index (κ1) is 95.1. The van der Waals surface area contributed by atoms with Gasteiger partial charge in [0.15, 0.2) is 12.2 Å². The van der Waals surface area contributed by atoms with Crippen LogP contribution in [-0.2, 0) is 65.4 Å². The quantitative estimate of drug-likeness (QED) is 0.0222. The molecule has 0 aliphatic rings. The second-order valence-electron chi connectivity index (χ2n) is 29.1. The van der Waals surface area contributed by atoms with Crippen LogP contribution in [0.5, 0.6) is 0 Å². The Kier molecular flexibility index (Phi) is 68.4. The molecular formula is C78H152O17P2. The van der Waals surface area contributed by atoms with E-state index in [1.165, 1.54) is 225 Å². The van der Waals surface area contributed by atoms with Crippen molar-refractivity contribution in [2.24, 2.45) is 11.8 Å². The highest BCUT2D eigenvalue weighted by Gasteiger charge is 2.30. The molecule has 0 heterocycles. The zero-order valence-corrected chi connectivity index (χ0v) is 65.2. The van der Waals surface area contributed by atoms with E-state index in [1.807, 2.05) is 0 Å². The molecule has 17 nitrogen and oxygen atoms in total. The summed E-state index contributed by atoms with van der Waals surface area (Å²) in [6.07, 6.45) is 58.1. The maximum absolute atomic E-state index is 13.1. The monoisotopic (exact) mass is 1420 g/mol. The van der Waals surface area contributed by atoms with Crippen molar-refractivity contribution in [2.45, 2.75) is 426 Å². The molecule has 0 aromatic carbocycles. The van der Waals surface area contributed by atoms with Gasteiger partial charge in [-0.3, -0.25) is 37.3 Å². The van der Waals surface area contributed by atoms with Crippen LogP contribution in [0.2, 0.25) is 0 Å². The lowest BCUT2D eigenvalue weighted by molar-refractivity contribution is -0.161. The number of aliphatic hydroxyl groups is 1. The van der Waals surface area contributed by atoms with Gasteiger partial charge < -0.3 is 33.8 Å². The smallest absolute Gasteiger partial charge is 0.462 e. The number of carbonyl (C=O) groups is 4. The first-order valence-electron chi connectivity index (χ1n) is 40.5. The summed E-state index contributed by atoms with van der Waals surface area (Å²) >= 11 is 0. The van der Waals surface area contributed by atoms with Crippen molar-refractivity contribution in [1.29, 1.82) is 0 Å². The highest BCUT2D eigenvalue weighted by Crippen LogP contribution is 2.45. The third kappa shape index (κ3) is 72.2. The minimum Gasteiger partial charge on any atom is -0.462 e. The number of carbonyl (C=O) groups excluding carboxylic acids is 4. The van der Waals surface area contributed by atoms with Gasteiger partial charge in [0.2, 0.25) is 0 Å². The van der Waals surface area contributed by atoms with Crippen LogP contribution in [0.4, 0.5) is 0 Å². The van der Waals surface area contributed by atoms with Gasteiger partial charge in [0, 0.05) is 25.7 Å². The first-order valence-corrected chi connectivity index (χ1v) is 43.5. The number of phosphoric acid groups is 2. The number of hydrogen-bond donors (Lipinski definition) is 3. The maximum Gasteiger partial charge on any atom is 0.472 e. The Morgan fingerprint density at radius 3 is 0.701 bits per heavy atom. The fraction of sp³-hybridized carbons (Fsp3) is 0.949. The van der Waals surface area contributed by atoms with Gasteiger partial charge in [-0.25, -0.2) is 9.13 Å². The number of phosphoric ester groups is 2. The minimum atomic E-state index is -4.96. The zero-order valence-electron chi connectivity index (χ0n) is 63.4. The van der Waals surface area contributed by atoms with Gasteiger partial charge >= 0.3 is 39.5 Å². The molecule has 0 rings (SSSR count). The Balaban J connectivity index is 5.27. The molecule has 97 heavy (non-hydrogen) atoms. The third-order valence-electron chi connectivity index (χ3n) is 18.2. The minimum absolute atomic E-state index is 0.107. The van der Waals surface area contributed by atoms with E-state index in [1.54, 1.807) is 0 Å². The standard InChI is InChI=1S/C78H152O17P2/c1-7-9-11-13-15-17-19-21-22-23-25-31-38-44-50-56-62-77(82)94-73(66-89-76(81)61-55-49-43-37-30-27-26-28-34-40-46-52-58-70(3)4)68-92-96(84,85)90-64-72(79)65-91-97(86,87)93-69-74(95-78(83)63-57-51-45-39-33-32-35-41-47-53-59-71(5)6)67-88-75(80)60-54-48-42-36-29-24-20-18-16-14-12-10-8-2/h70-74,79H,7-69H2,1-6H3,(H,84,85)(H,86,87)/t72-,73-,74-/m1/s1. The van der Waals surface area contributed by atoms with E-state index < -0.39 is 97.5 Å². The lowest BCUT2D eigenvalue weighted by Gasteiger charge is -2.21. The van der Waals surface area contributed by atoms with E-state index in [2.05, 4.69) is 41.5 Å². The molecule has 0 spiro atoms. The van der Waals surface area contributed by atoms with E-state index in [0.717, 1.165) is 102 Å². The van der Waals surface area contributed by atoms with E-state index >= 15 is 0 Å². The number of rotatable bonds is 77. The second kappa shape index (κ2) is 69.8. The zero-order chi connectivity index (χ0) is 71.4. The molecule has 0 fully saturated rings. The lowest BCUT2D eigenvalue weighted by atomic mass is 10.0. The van der Waals surface area contributed by atoms with Crippen molar-refractivity contribution in [3.63, 3.8) is 0 Å². The van der Waals surface area contributed by atoms with Crippen LogP contribution in [0, 0.1) is 11.8 Å². The number of esters is 4. The first-order chi connectivity index (χ1) is 46.9. The molecule has 5 atom stereocenters. The molecule has 0 radical (unpaired) electrons. The summed E-state index contributed by atoms with van der Waals surface area (Å²) < 4.78 is 68.7. The van der Waals surface area contributed by atoms with Crippen LogP contribution >= 0.6 is 15.6 Å². The molecule has 576 valence electrons. The average Bonchev–Trinajstić information content (AvgIpc) is 1.04. The van der Waals surface area contributed by atoms with Crippen molar-refractivity contribution >= 4 is 39.5 Å². The molecule has 0 amide bonds. The van der Waals surface area contributed by atoms with Crippen LogP contribution in [0.1, 0.15) is 408 Å². The van der Waals surface area contributed by atoms with E-state index in [0.29, 0.717) is 25.7 Å². The van der Waals surface area contributed by atoms with Crippen LogP contribution in [0.25, 0.3) is 0 Å². The van der Waals surface area contributed by atoms with Crippen LogP contribution < -0.4 is 0 Å². The van der Waals surface area contributed by atoms with Crippen molar-refractivity contribution in [3.8, 4) is 0 Å². The summed E-state index contributed by atoms with van der Waals surface area (Å²) in [7, 11) is -9.92. The third-order valence-corrected chi connectivity index (χ3v) is 20.1. The van der Waals surface area contributed by atoms with Crippen molar-refractivity contribution in [3.05, 3.63) is 0 Å². The summed E-state index contributed by atoms with van der Waals surface area (Å²) in [6.45, 7) is 9.62. The van der Waals surface area contributed by atoms with Gasteiger partial charge in [-0.1, -0.05) is 356 Å². The number of ether oxygens (including phenoxy) is 4. The molecule has 0 aliphatic carbocycles. The summed E-state index contributed by atoms with van der Waals surface area (Å²) in [5.41, 5.74) is 0. The normalized spacial score (nSPS) is 14.0. The summed E-state index contributed by atoms with van der Waals surface area (Å²) in [5.74, 6) is -0.576. The number of hydrogen-bond acceptors (Lipinski definition) is 15. The largest absolute Gasteiger partial charge is 0.472 e. The highest BCUT2D eigenvalue weighted by atomic mass is 31.2. The SMILES string of the molecule is CCCCCCCCCCCCCCCCCCC(=O)O[C@H](COC(=O)CCCCCCCCCCCCCCC(C)C)COP(=O)(O)OC[C@@H](O)COP(=O)(O)OC[C@@H](COC(=O)CCCCCCCCCCCCCCC)OC(=O)CCCCCCCCCCCCC(C)C. The fourth-order valence-corrected chi connectivity index (χ4v) is 13.6. The van der Waals surface area contributed by atoms with Crippen molar-refractivity contribution < 1.29 is 80.2 Å². The van der Waals surface area contributed by atoms with Gasteiger partial charge in [-0.05, 0) is 37.5 Å². The van der Waals surface area contributed by atoms with Gasteiger partial charge in [0.05, 0.1) is 26.4 Å². The lowest BCUT2D eigenvalue weighted by Crippen LogP contribution is -2.30. The van der Waals surface area contributed by atoms with Crippen molar-refractivity contribution in [2.75, 3.05) is 39.6 Å². The predicted octanol–water partition coefficient (Wildman–Crippen LogP) is 23.1. The molecule has 2 unspecified atom stereocenters. The van der Waals surface area contributed by atoms with Gasteiger partial charge in [0.25, 0.3) is 0 Å². The van der Waals surface area contributed by atoms with Gasteiger partial charge in [0.1, 0.15) is 19.3 Å². The van der Waals surface area contributed by atoms with Crippen molar-refractivity contribution in [1.82, 2.24) is 0 Å². The predicted molar refractivity (Wildman–Crippen MR) is 395 cm³/mol. The Labute approximate surface area is 594 Å². The Hall–Kier alpha value is -1.94. The molecule has 19 heteroatoms. The van der Waals surface area contributed by atoms with Gasteiger partial charge in [-0.2, -0.15) is 0 Å². The molecule has 0 aromatic heterocycles. The van der Waals surface area contributed by atoms with Gasteiger partial charge in [-0.15, -0.1) is 0 Å². The van der Waals surface area contributed by atoms with Crippen LogP contribution in [0.15, 0.2) is 0 Å². The Bertz CT molecular complexity index is 1870. The molecule has 0 saturated carbocycles. The van der Waals surface area contributed by atoms with Crippen LogP contribution in [-0.4, -0.2) is 96.7 Å². The second-order valence-corrected chi connectivity index (χ2v) is 32.0. The molecule has 0 saturated heterocycles. The van der Waals surface area contributed by atoms with E-state index in [4.69, 9.17) is 37.0 Å². The number of unbranched alkanes of at least 4 members (excludes halogenated alkanes) is 47. The highest BCUT2D eigenvalue weighted by molar-refractivity contribution is 7.47. The summed E-state index contributed by atoms with van der Waals surface area (Å²) in [6, 6.07) is 0. The molecule has 0 bridgehead atoms. The van der Waals surface area contributed by atoms with E-state index in [-0.39, 0.29) is 25.7 Å². The Morgan fingerprint density at radius 2 is 0.474 bits per heavy atom. The topological polar surface area (TPSA) is 237 Å². The number of aliphatic hydroxyl groups excluding tert-OH is 1. The summed E-state index contributed by atoms with van der Waals surface area (Å²) in [5, 5.41) is 10.6. The molecule has 3 N–H and O–H groups in total.